The minimum Gasteiger partial charge on any atom is -0.503 e. The molecule has 2 aromatic heterocycles. The zero-order chi connectivity index (χ0) is 38.3. The Morgan fingerprint density at radius 1 is 0.526 bits per heavy atom. The molecule has 57 heavy (non-hydrogen) atoms. The number of para-hydroxylation sites is 1. The first-order valence-electron chi connectivity index (χ1n) is 19.0. The molecular weight excluding hydrogens is 876 g/mol. The van der Waals surface area contributed by atoms with Gasteiger partial charge in [-0.15, -0.1) is 59.1 Å². The van der Waals surface area contributed by atoms with Crippen LogP contribution in [0.2, 0.25) is 0 Å². The van der Waals surface area contributed by atoms with Crippen molar-refractivity contribution in [1.29, 1.82) is 0 Å². The fraction of sp³-hybridized carbons (Fsp3) is 0.0980. The molecule has 6 heteroatoms. The number of aromatic nitrogens is 2. The van der Waals surface area contributed by atoms with E-state index in [-0.39, 0.29) is 26.8 Å². The minimum absolute atomic E-state index is 0. The summed E-state index contributed by atoms with van der Waals surface area (Å²) in [6.45, 7) is 10.6. The molecule has 0 unspecified atom stereocenters. The number of hydrogen-bond acceptors (Lipinski definition) is 4. The first-order valence-corrected chi connectivity index (χ1v) is 19.0. The summed E-state index contributed by atoms with van der Waals surface area (Å²) in [7, 11) is 0. The van der Waals surface area contributed by atoms with Gasteiger partial charge in [-0.1, -0.05) is 103 Å². The van der Waals surface area contributed by atoms with Crippen LogP contribution in [0, 0.1) is 46.8 Å². The van der Waals surface area contributed by atoms with Crippen molar-refractivity contribution >= 4 is 23.1 Å². The van der Waals surface area contributed by atoms with Crippen LogP contribution >= 0.6 is 0 Å². The van der Waals surface area contributed by atoms with Gasteiger partial charge in [0.1, 0.15) is 17.2 Å². The molecule has 0 spiro atoms. The zero-order valence-electron chi connectivity index (χ0n) is 32.5. The van der Waals surface area contributed by atoms with Crippen molar-refractivity contribution in [3.63, 3.8) is 0 Å². The Morgan fingerprint density at radius 2 is 1.25 bits per heavy atom. The maximum absolute atomic E-state index is 6.56. The molecule has 0 saturated carbocycles. The molecule has 279 valence electrons. The van der Waals surface area contributed by atoms with Crippen molar-refractivity contribution in [2.75, 3.05) is 0 Å². The molecule has 0 amide bonds. The fourth-order valence-electron chi connectivity index (χ4n) is 7.89. The Balaban J connectivity index is 0.000000185. The average Bonchev–Trinajstić information content (AvgIpc) is 3.22. The summed E-state index contributed by atoms with van der Waals surface area (Å²) in [6.07, 6.45) is 3.92. The van der Waals surface area contributed by atoms with Crippen LogP contribution in [0.4, 0.5) is 0 Å². The van der Waals surface area contributed by atoms with E-state index in [0.29, 0.717) is 0 Å². The quantitative estimate of drug-likeness (QED) is 0.130. The van der Waals surface area contributed by atoms with Crippen LogP contribution in [-0.2, 0) is 20.1 Å². The molecule has 1 radical (unpaired) electrons. The third kappa shape index (κ3) is 7.23. The van der Waals surface area contributed by atoms with Crippen LogP contribution in [0.5, 0.6) is 23.0 Å². The molecule has 0 N–H and O–H groups in total. The summed E-state index contributed by atoms with van der Waals surface area (Å²) >= 11 is 0. The van der Waals surface area contributed by atoms with Gasteiger partial charge >= 0.3 is 0 Å². The SMILES string of the molecule is Cc1c[c-]c(-c2cc(-c3ccccc3)c(C)cn2)cc1.Cc1ccc(-c2cnc(-c3[c-]ccc4c3Oc3cccc5c3B4c3ccccc3O5)cc2C)c(C)c1.[Ir]. The van der Waals surface area contributed by atoms with Gasteiger partial charge in [-0.05, 0) is 96.1 Å². The first-order chi connectivity index (χ1) is 27.3. The van der Waals surface area contributed by atoms with Gasteiger partial charge in [0.25, 0.3) is 0 Å². The van der Waals surface area contributed by atoms with Gasteiger partial charge in [-0.3, -0.25) is 0 Å². The van der Waals surface area contributed by atoms with Gasteiger partial charge in [0.15, 0.2) is 0 Å². The molecule has 6 aromatic carbocycles. The number of hydrogen-bond donors (Lipinski definition) is 0. The maximum Gasteiger partial charge on any atom is 0.241 e. The first kappa shape index (κ1) is 37.8. The van der Waals surface area contributed by atoms with E-state index >= 15 is 0 Å². The van der Waals surface area contributed by atoms with Crippen molar-refractivity contribution in [3.8, 4) is 67.8 Å². The number of pyridine rings is 2. The van der Waals surface area contributed by atoms with Crippen LogP contribution in [-0.4, -0.2) is 16.7 Å². The van der Waals surface area contributed by atoms with Crippen LogP contribution in [0.1, 0.15) is 27.8 Å². The van der Waals surface area contributed by atoms with Crippen molar-refractivity contribution in [2.45, 2.75) is 34.6 Å². The molecule has 4 nitrogen and oxygen atoms in total. The number of nitrogens with zero attached hydrogens (tertiary/aromatic N) is 2. The number of fused-ring (bicyclic) bond motifs is 4. The number of aryl methyl sites for hydroxylation is 5. The summed E-state index contributed by atoms with van der Waals surface area (Å²) in [5.74, 6) is 3.38. The number of ether oxygens (including phenoxy) is 2. The Bertz CT molecular complexity index is 2770. The van der Waals surface area contributed by atoms with Crippen LogP contribution in [0.25, 0.3) is 44.8 Å². The van der Waals surface area contributed by atoms with Crippen molar-refractivity contribution < 1.29 is 29.6 Å². The Labute approximate surface area is 349 Å². The average molecular weight is 915 g/mol. The smallest absolute Gasteiger partial charge is 0.241 e. The molecule has 8 aromatic rings. The van der Waals surface area contributed by atoms with E-state index < -0.39 is 0 Å². The Kier molecular flexibility index (Phi) is 10.5. The molecule has 0 aliphatic carbocycles. The molecule has 2 aliphatic heterocycles. The van der Waals surface area contributed by atoms with Gasteiger partial charge in [-0.2, -0.15) is 0 Å². The summed E-state index contributed by atoms with van der Waals surface area (Å²) < 4.78 is 12.8. The van der Waals surface area contributed by atoms with E-state index in [0.717, 1.165) is 67.5 Å². The third-order valence-electron chi connectivity index (χ3n) is 10.7. The second-order valence-electron chi connectivity index (χ2n) is 14.7. The molecule has 10 rings (SSSR count). The molecule has 0 atom stereocenters. The fourth-order valence-corrected chi connectivity index (χ4v) is 7.89. The van der Waals surface area contributed by atoms with Crippen LogP contribution in [0.15, 0.2) is 146 Å². The normalized spacial score (nSPS) is 11.7. The summed E-state index contributed by atoms with van der Waals surface area (Å²) in [4.78, 5) is 9.44. The molecule has 4 heterocycles. The zero-order valence-corrected chi connectivity index (χ0v) is 34.9. The number of rotatable bonds is 4. The van der Waals surface area contributed by atoms with Crippen molar-refractivity contribution in [2.24, 2.45) is 0 Å². The van der Waals surface area contributed by atoms with Crippen molar-refractivity contribution in [3.05, 3.63) is 186 Å². The molecule has 0 fully saturated rings. The van der Waals surface area contributed by atoms with E-state index in [1.165, 1.54) is 44.5 Å². The van der Waals surface area contributed by atoms with E-state index in [1.807, 2.05) is 60.9 Å². The Hall–Kier alpha value is -6.07. The maximum atomic E-state index is 6.56. The largest absolute Gasteiger partial charge is 0.503 e. The molecule has 0 bridgehead atoms. The minimum atomic E-state index is 0. The van der Waals surface area contributed by atoms with E-state index in [2.05, 4.69) is 137 Å². The van der Waals surface area contributed by atoms with Gasteiger partial charge in [0, 0.05) is 49.3 Å². The predicted molar refractivity (Wildman–Crippen MR) is 229 cm³/mol. The number of benzene rings is 6. The monoisotopic (exact) mass is 915 g/mol. The van der Waals surface area contributed by atoms with E-state index in [4.69, 9.17) is 14.5 Å². The molecule has 0 saturated heterocycles. The van der Waals surface area contributed by atoms with Gasteiger partial charge in [0.05, 0.1) is 0 Å². The molecular formula is C51H39BIrN2O2-2. The topological polar surface area (TPSA) is 44.2 Å². The van der Waals surface area contributed by atoms with Crippen molar-refractivity contribution in [1.82, 2.24) is 9.97 Å². The van der Waals surface area contributed by atoms with Crippen LogP contribution < -0.4 is 25.9 Å². The summed E-state index contributed by atoms with van der Waals surface area (Å²) in [5.41, 5.74) is 18.0. The standard InChI is InChI=1S/C32H23BNO2.C19H16N.Ir/c1-19-14-15-22(20(2)16-19)24-18-34-27(17-21(24)3)23-8-6-10-26-32(23)36-30-13-7-12-29-31(30)33(26)25-9-4-5-11-28(25)35-29;1-14-8-10-17(11-9-14)19-12-18(15(2)13-20-19)16-6-4-3-5-7-16;/h4-7,9-18H,1-3H3;3-10,12-13H,1-2H3;/q2*-1;. The van der Waals surface area contributed by atoms with E-state index in [9.17, 15) is 0 Å². The summed E-state index contributed by atoms with van der Waals surface area (Å²) in [6, 6.07) is 52.5. The van der Waals surface area contributed by atoms with Crippen LogP contribution in [0.3, 0.4) is 0 Å². The van der Waals surface area contributed by atoms with Gasteiger partial charge in [0.2, 0.25) is 6.71 Å². The predicted octanol–water partition coefficient (Wildman–Crippen LogP) is 10.7. The van der Waals surface area contributed by atoms with Gasteiger partial charge < -0.3 is 19.4 Å². The van der Waals surface area contributed by atoms with Gasteiger partial charge in [-0.25, -0.2) is 0 Å². The Morgan fingerprint density at radius 3 is 2.02 bits per heavy atom. The molecule has 2 aliphatic rings. The third-order valence-corrected chi connectivity index (χ3v) is 10.7. The van der Waals surface area contributed by atoms with E-state index in [1.54, 1.807) is 0 Å². The second kappa shape index (κ2) is 15.8. The second-order valence-corrected chi connectivity index (χ2v) is 14.7. The summed E-state index contributed by atoms with van der Waals surface area (Å²) in [5, 5.41) is 0.